The number of carbonyl (C=O) groups excluding carboxylic acids is 1. The molecule has 0 spiro atoms. The Labute approximate surface area is 104 Å². The van der Waals surface area contributed by atoms with Gasteiger partial charge in [-0.2, -0.15) is 0 Å². The normalized spacial score (nSPS) is 20.4. The lowest BCUT2D eigenvalue weighted by Gasteiger charge is -2.37. The first-order chi connectivity index (χ1) is 7.78. The number of amides is 1. The quantitative estimate of drug-likeness (QED) is 0.707. The van der Waals surface area contributed by atoms with Crippen LogP contribution in [0.5, 0.6) is 0 Å². The van der Waals surface area contributed by atoms with Crippen molar-refractivity contribution in [1.29, 1.82) is 0 Å². The molecule has 0 saturated carbocycles. The second-order valence-corrected chi connectivity index (χ2v) is 5.65. The van der Waals surface area contributed by atoms with E-state index in [4.69, 9.17) is 5.73 Å². The average molecular weight is 243 g/mol. The number of hydrogen-bond acceptors (Lipinski definition) is 4. The third-order valence-corrected chi connectivity index (χ3v) is 2.83. The Morgan fingerprint density at radius 2 is 1.88 bits per heavy atom. The van der Waals surface area contributed by atoms with Crippen LogP contribution in [-0.2, 0) is 4.79 Å². The van der Waals surface area contributed by atoms with Gasteiger partial charge in [0.05, 0.1) is 5.60 Å². The molecule has 5 heteroatoms. The molecule has 1 amide bonds. The van der Waals surface area contributed by atoms with E-state index in [1.54, 1.807) is 13.8 Å². The van der Waals surface area contributed by atoms with E-state index in [0.29, 0.717) is 13.0 Å². The summed E-state index contributed by atoms with van der Waals surface area (Å²) in [6.07, 6.45) is 0.422. The number of carbonyl (C=O) groups is 1. The number of nitrogens with zero attached hydrogens (tertiary/aromatic N) is 2. The Kier molecular flexibility index (Phi) is 4.91. The van der Waals surface area contributed by atoms with Crippen LogP contribution in [-0.4, -0.2) is 65.2 Å². The van der Waals surface area contributed by atoms with Crippen molar-refractivity contribution in [3.05, 3.63) is 0 Å². The van der Waals surface area contributed by atoms with Crippen molar-refractivity contribution in [2.24, 2.45) is 5.73 Å². The van der Waals surface area contributed by atoms with E-state index in [2.05, 4.69) is 4.90 Å². The molecule has 1 heterocycles. The highest BCUT2D eigenvalue weighted by atomic mass is 16.3. The van der Waals surface area contributed by atoms with Gasteiger partial charge in [0.2, 0.25) is 5.91 Å². The molecular weight excluding hydrogens is 218 g/mol. The number of rotatable bonds is 4. The Hall–Kier alpha value is -0.650. The predicted molar refractivity (Wildman–Crippen MR) is 67.6 cm³/mol. The minimum absolute atomic E-state index is 0.0723. The molecule has 0 bridgehead atoms. The smallest absolute Gasteiger partial charge is 0.224 e. The Morgan fingerprint density at radius 3 is 2.29 bits per heavy atom. The van der Waals surface area contributed by atoms with Crippen LogP contribution in [0.3, 0.4) is 0 Å². The highest BCUT2D eigenvalue weighted by Gasteiger charge is 2.24. The van der Waals surface area contributed by atoms with Crippen molar-refractivity contribution < 1.29 is 9.90 Å². The summed E-state index contributed by atoms with van der Waals surface area (Å²) >= 11 is 0. The standard InChI is InChI=1S/C12H25N3O2/c1-10(13)8-11(16)15-6-4-14(5-7-15)9-12(2,3)17/h10,17H,4-9,13H2,1-3H3. The van der Waals surface area contributed by atoms with E-state index in [-0.39, 0.29) is 11.9 Å². The number of hydrogen-bond donors (Lipinski definition) is 2. The SMILES string of the molecule is CC(N)CC(=O)N1CCN(CC(C)(C)O)CC1. The highest BCUT2D eigenvalue weighted by molar-refractivity contribution is 5.76. The van der Waals surface area contributed by atoms with E-state index < -0.39 is 5.60 Å². The summed E-state index contributed by atoms with van der Waals surface area (Å²) in [5.41, 5.74) is 4.95. The molecule has 0 aromatic heterocycles. The molecule has 1 fully saturated rings. The van der Waals surface area contributed by atoms with Gasteiger partial charge in [-0.05, 0) is 20.8 Å². The van der Waals surface area contributed by atoms with Gasteiger partial charge in [-0.1, -0.05) is 0 Å². The van der Waals surface area contributed by atoms with Gasteiger partial charge in [-0.3, -0.25) is 9.69 Å². The fourth-order valence-corrected chi connectivity index (χ4v) is 2.11. The summed E-state index contributed by atoms with van der Waals surface area (Å²) in [6.45, 7) is 9.25. The number of β-amino-alcohol motifs (C(OH)–C–C–N with tert-alkyl or cyclic N) is 1. The molecule has 1 saturated heterocycles. The molecule has 5 nitrogen and oxygen atoms in total. The van der Waals surface area contributed by atoms with E-state index in [9.17, 15) is 9.90 Å². The molecule has 0 aromatic carbocycles. The lowest BCUT2D eigenvalue weighted by Crippen LogP contribution is -2.52. The fraction of sp³-hybridized carbons (Fsp3) is 0.917. The van der Waals surface area contributed by atoms with E-state index in [1.165, 1.54) is 0 Å². The van der Waals surface area contributed by atoms with Crippen molar-refractivity contribution in [2.45, 2.75) is 38.8 Å². The lowest BCUT2D eigenvalue weighted by molar-refractivity contribution is -0.133. The summed E-state index contributed by atoms with van der Waals surface area (Å²) in [7, 11) is 0. The van der Waals surface area contributed by atoms with Gasteiger partial charge >= 0.3 is 0 Å². The zero-order valence-corrected chi connectivity index (χ0v) is 11.1. The van der Waals surface area contributed by atoms with Crippen LogP contribution >= 0.6 is 0 Å². The largest absolute Gasteiger partial charge is 0.389 e. The third-order valence-electron chi connectivity index (χ3n) is 2.83. The fourth-order valence-electron chi connectivity index (χ4n) is 2.11. The topological polar surface area (TPSA) is 69.8 Å². The van der Waals surface area contributed by atoms with E-state index in [1.807, 2.05) is 11.8 Å². The highest BCUT2D eigenvalue weighted by Crippen LogP contribution is 2.09. The molecule has 1 atom stereocenters. The van der Waals surface area contributed by atoms with Crippen molar-refractivity contribution in [3.63, 3.8) is 0 Å². The van der Waals surface area contributed by atoms with Gasteiger partial charge in [0, 0.05) is 45.2 Å². The summed E-state index contributed by atoms with van der Waals surface area (Å²) in [6, 6.07) is -0.0723. The summed E-state index contributed by atoms with van der Waals surface area (Å²) < 4.78 is 0. The van der Waals surface area contributed by atoms with Crippen LogP contribution in [0.25, 0.3) is 0 Å². The van der Waals surface area contributed by atoms with Crippen LogP contribution in [0.1, 0.15) is 27.2 Å². The minimum Gasteiger partial charge on any atom is -0.389 e. The van der Waals surface area contributed by atoms with Gasteiger partial charge in [-0.25, -0.2) is 0 Å². The van der Waals surface area contributed by atoms with Crippen LogP contribution in [0.2, 0.25) is 0 Å². The predicted octanol–water partition coefficient (Wildman–Crippen LogP) is -0.361. The van der Waals surface area contributed by atoms with Crippen LogP contribution in [0, 0.1) is 0 Å². The number of aliphatic hydroxyl groups is 1. The second-order valence-electron chi connectivity index (χ2n) is 5.65. The molecule has 17 heavy (non-hydrogen) atoms. The minimum atomic E-state index is -0.669. The van der Waals surface area contributed by atoms with Crippen molar-refractivity contribution in [3.8, 4) is 0 Å². The first-order valence-electron chi connectivity index (χ1n) is 6.26. The van der Waals surface area contributed by atoms with Crippen molar-refractivity contribution in [2.75, 3.05) is 32.7 Å². The van der Waals surface area contributed by atoms with E-state index >= 15 is 0 Å². The maximum atomic E-state index is 11.8. The molecule has 1 unspecified atom stereocenters. The molecule has 3 N–H and O–H groups in total. The van der Waals surface area contributed by atoms with Gasteiger partial charge < -0.3 is 15.7 Å². The van der Waals surface area contributed by atoms with Gasteiger partial charge in [0.25, 0.3) is 0 Å². The maximum Gasteiger partial charge on any atom is 0.224 e. The molecule has 0 aromatic rings. The van der Waals surface area contributed by atoms with Gasteiger partial charge in [0.15, 0.2) is 0 Å². The Morgan fingerprint density at radius 1 is 1.35 bits per heavy atom. The van der Waals surface area contributed by atoms with Crippen molar-refractivity contribution >= 4 is 5.91 Å². The molecule has 0 radical (unpaired) electrons. The van der Waals surface area contributed by atoms with Crippen LogP contribution in [0.4, 0.5) is 0 Å². The van der Waals surface area contributed by atoms with Gasteiger partial charge in [-0.15, -0.1) is 0 Å². The molecular formula is C12H25N3O2. The molecule has 0 aliphatic carbocycles. The average Bonchev–Trinajstić information content (AvgIpc) is 2.15. The Balaban J connectivity index is 2.33. The third kappa shape index (κ3) is 5.48. The molecule has 100 valence electrons. The van der Waals surface area contributed by atoms with Crippen LogP contribution < -0.4 is 5.73 Å². The first kappa shape index (κ1) is 14.4. The first-order valence-corrected chi connectivity index (χ1v) is 6.26. The zero-order chi connectivity index (χ0) is 13.1. The van der Waals surface area contributed by atoms with Crippen molar-refractivity contribution in [1.82, 2.24) is 9.80 Å². The second kappa shape index (κ2) is 5.80. The lowest BCUT2D eigenvalue weighted by atomic mass is 10.1. The zero-order valence-electron chi connectivity index (χ0n) is 11.1. The number of nitrogens with two attached hydrogens (primary N) is 1. The van der Waals surface area contributed by atoms with Crippen LogP contribution in [0.15, 0.2) is 0 Å². The maximum absolute atomic E-state index is 11.8. The monoisotopic (exact) mass is 243 g/mol. The van der Waals surface area contributed by atoms with Gasteiger partial charge in [0.1, 0.15) is 0 Å². The molecule has 1 aliphatic heterocycles. The summed E-state index contributed by atoms with van der Waals surface area (Å²) in [5, 5.41) is 9.73. The molecule has 1 rings (SSSR count). The summed E-state index contributed by atoms with van der Waals surface area (Å²) in [5.74, 6) is 0.142. The number of piperazine rings is 1. The Bertz CT molecular complexity index is 253. The molecule has 1 aliphatic rings. The van der Waals surface area contributed by atoms with E-state index in [0.717, 1.165) is 26.2 Å². The summed E-state index contributed by atoms with van der Waals surface area (Å²) in [4.78, 5) is 15.8.